The molecule has 2 aromatic carbocycles. The summed E-state index contributed by atoms with van der Waals surface area (Å²) in [6, 6.07) is 6.63. The summed E-state index contributed by atoms with van der Waals surface area (Å²) in [5, 5.41) is -0.503. The van der Waals surface area contributed by atoms with Crippen molar-refractivity contribution in [3.8, 4) is 0 Å². The van der Waals surface area contributed by atoms with Crippen LogP contribution in [-0.2, 0) is 14.6 Å². The second-order valence-electron chi connectivity index (χ2n) is 6.16. The maximum Gasteiger partial charge on any atom is 0.356 e. The summed E-state index contributed by atoms with van der Waals surface area (Å²) < 4.78 is 59.8. The molecule has 5 nitrogen and oxygen atoms in total. The van der Waals surface area contributed by atoms with Crippen LogP contribution in [0.2, 0.25) is 0 Å². The van der Waals surface area contributed by atoms with Crippen molar-refractivity contribution in [3.05, 3.63) is 58.8 Å². The molecule has 3 aromatic rings. The van der Waals surface area contributed by atoms with E-state index in [9.17, 15) is 22.0 Å². The van der Waals surface area contributed by atoms with Gasteiger partial charge in [-0.15, -0.1) is 0 Å². The highest BCUT2D eigenvalue weighted by molar-refractivity contribution is 7.91. The van der Waals surface area contributed by atoms with Crippen LogP contribution in [0.3, 0.4) is 0 Å². The fourth-order valence-corrected chi connectivity index (χ4v) is 4.80. The lowest BCUT2D eigenvalue weighted by Gasteiger charge is -2.09. The molecule has 0 spiro atoms. The molecule has 0 aliphatic heterocycles. The van der Waals surface area contributed by atoms with Gasteiger partial charge in [-0.1, -0.05) is 6.07 Å². The van der Waals surface area contributed by atoms with Crippen LogP contribution >= 0.6 is 0 Å². The van der Waals surface area contributed by atoms with Crippen molar-refractivity contribution in [2.45, 2.75) is 30.6 Å². The van der Waals surface area contributed by atoms with Gasteiger partial charge in [0.05, 0.1) is 22.4 Å². The number of H-pyrrole nitrogens is 1. The number of hydrogen-bond donors (Lipinski definition) is 1. The van der Waals surface area contributed by atoms with Crippen molar-refractivity contribution in [1.82, 2.24) is 4.98 Å². The predicted octanol–water partition coefficient (Wildman–Crippen LogP) is 4.07. The fraction of sp³-hybridized carbons (Fsp3) is 0.211. The Morgan fingerprint density at radius 1 is 1.11 bits per heavy atom. The topological polar surface area (TPSA) is 76.2 Å². The van der Waals surface area contributed by atoms with Crippen molar-refractivity contribution in [1.29, 1.82) is 0 Å². The zero-order chi connectivity index (χ0) is 19.9. The number of hydrogen-bond acceptors (Lipinski definition) is 4. The first-order chi connectivity index (χ1) is 12.7. The highest BCUT2D eigenvalue weighted by Gasteiger charge is 2.33. The first kappa shape index (κ1) is 19.0. The lowest BCUT2D eigenvalue weighted by Crippen LogP contribution is -2.12. The molecule has 0 unspecified atom stereocenters. The van der Waals surface area contributed by atoms with Crippen LogP contribution in [-0.4, -0.2) is 26.0 Å². The minimum atomic E-state index is -4.34. The summed E-state index contributed by atoms with van der Waals surface area (Å²) in [5.41, 5.74) is 0.908. The summed E-state index contributed by atoms with van der Waals surface area (Å²) >= 11 is 0. The Bertz CT molecular complexity index is 1150. The van der Waals surface area contributed by atoms with Crippen LogP contribution in [0.5, 0.6) is 0 Å². The maximum absolute atomic E-state index is 14.5. The summed E-state index contributed by atoms with van der Waals surface area (Å²) in [4.78, 5) is 14.1. The molecule has 1 heterocycles. The number of ether oxygens (including phenoxy) is 1. The Labute approximate surface area is 154 Å². The number of aromatic nitrogens is 1. The number of carbonyl (C=O) groups is 1. The Hall–Kier alpha value is -2.74. The standard InChI is InChI=1S/C19H17F2NO4S/c1-4-26-19(23)17-18(15-14(22-17)6-5-13(20)16(15)21)27(24,25)12-8-10(2)7-11(3)9-12/h5-9,22H,4H2,1-3H3. The van der Waals surface area contributed by atoms with Gasteiger partial charge in [-0.2, -0.15) is 0 Å². The number of sulfone groups is 1. The molecule has 0 saturated carbocycles. The van der Waals surface area contributed by atoms with Crippen LogP contribution < -0.4 is 0 Å². The van der Waals surface area contributed by atoms with Crippen LogP contribution in [0.4, 0.5) is 8.78 Å². The minimum absolute atomic E-state index is 0.00587. The van der Waals surface area contributed by atoms with Gasteiger partial charge in [0, 0.05) is 0 Å². The Balaban J connectivity index is 2.42. The van der Waals surface area contributed by atoms with Crippen LogP contribution in [0.15, 0.2) is 40.1 Å². The second kappa shape index (κ2) is 6.77. The van der Waals surface area contributed by atoms with Gasteiger partial charge >= 0.3 is 5.97 Å². The number of rotatable bonds is 4. The van der Waals surface area contributed by atoms with Gasteiger partial charge in [-0.3, -0.25) is 0 Å². The normalized spacial score (nSPS) is 11.7. The Morgan fingerprint density at radius 2 is 1.74 bits per heavy atom. The Kier molecular flexibility index (Phi) is 4.77. The van der Waals surface area contributed by atoms with E-state index in [4.69, 9.17) is 4.74 Å². The van der Waals surface area contributed by atoms with E-state index < -0.39 is 43.4 Å². The number of fused-ring (bicyclic) bond motifs is 1. The molecule has 0 aliphatic carbocycles. The average Bonchev–Trinajstić information content (AvgIpc) is 2.99. The lowest BCUT2D eigenvalue weighted by atomic mass is 10.2. The summed E-state index contributed by atoms with van der Waals surface area (Å²) in [5.74, 6) is -3.52. The molecule has 1 N–H and O–H groups in total. The summed E-state index contributed by atoms with van der Waals surface area (Å²) in [6.07, 6.45) is 0. The molecule has 0 saturated heterocycles. The van der Waals surface area contributed by atoms with Gasteiger partial charge in [-0.05, 0) is 56.2 Å². The predicted molar refractivity (Wildman–Crippen MR) is 95.5 cm³/mol. The molecule has 142 valence electrons. The van der Waals surface area contributed by atoms with Gasteiger partial charge in [-0.25, -0.2) is 22.0 Å². The molecular formula is C19H17F2NO4S. The Morgan fingerprint density at radius 3 is 2.33 bits per heavy atom. The molecule has 0 radical (unpaired) electrons. The molecule has 0 fully saturated rings. The number of benzene rings is 2. The van der Waals surface area contributed by atoms with Crippen molar-refractivity contribution >= 4 is 26.7 Å². The third kappa shape index (κ3) is 3.21. The van der Waals surface area contributed by atoms with Crippen LogP contribution in [0.1, 0.15) is 28.5 Å². The van der Waals surface area contributed by atoms with Crippen LogP contribution in [0, 0.1) is 25.5 Å². The van der Waals surface area contributed by atoms with Crippen molar-refractivity contribution < 1.29 is 26.7 Å². The molecule has 8 heteroatoms. The highest BCUT2D eigenvalue weighted by Crippen LogP contribution is 2.35. The fourth-order valence-electron chi connectivity index (χ4n) is 3.01. The van der Waals surface area contributed by atoms with E-state index in [1.54, 1.807) is 26.8 Å². The quantitative estimate of drug-likeness (QED) is 0.678. The van der Waals surface area contributed by atoms with Gasteiger partial charge < -0.3 is 9.72 Å². The molecule has 27 heavy (non-hydrogen) atoms. The van der Waals surface area contributed by atoms with E-state index in [1.807, 2.05) is 0 Å². The third-order valence-corrected chi connectivity index (χ3v) is 5.86. The smallest absolute Gasteiger partial charge is 0.356 e. The van der Waals surface area contributed by atoms with E-state index in [1.165, 1.54) is 18.2 Å². The summed E-state index contributed by atoms with van der Waals surface area (Å²) in [7, 11) is -4.34. The molecule has 0 aliphatic rings. The third-order valence-electron chi connectivity index (χ3n) is 4.06. The maximum atomic E-state index is 14.5. The van der Waals surface area contributed by atoms with E-state index >= 15 is 0 Å². The molecular weight excluding hydrogens is 376 g/mol. The molecule has 0 amide bonds. The van der Waals surface area contributed by atoms with E-state index in [2.05, 4.69) is 4.98 Å². The summed E-state index contributed by atoms with van der Waals surface area (Å²) in [6.45, 7) is 4.98. The molecule has 0 bridgehead atoms. The number of carbonyl (C=O) groups excluding carboxylic acids is 1. The second-order valence-corrected chi connectivity index (χ2v) is 8.05. The van der Waals surface area contributed by atoms with Crippen molar-refractivity contribution in [3.63, 3.8) is 0 Å². The number of halogens is 2. The first-order valence-corrected chi connectivity index (χ1v) is 9.65. The van der Waals surface area contributed by atoms with Gasteiger partial charge in [0.25, 0.3) is 0 Å². The molecule has 1 aromatic heterocycles. The van der Waals surface area contributed by atoms with E-state index in [0.29, 0.717) is 11.1 Å². The first-order valence-electron chi connectivity index (χ1n) is 8.17. The van der Waals surface area contributed by atoms with Gasteiger partial charge in [0.2, 0.25) is 9.84 Å². The zero-order valence-electron chi connectivity index (χ0n) is 14.9. The van der Waals surface area contributed by atoms with E-state index in [-0.39, 0.29) is 17.0 Å². The van der Waals surface area contributed by atoms with Crippen molar-refractivity contribution in [2.75, 3.05) is 6.61 Å². The van der Waals surface area contributed by atoms with Gasteiger partial charge in [0.15, 0.2) is 11.6 Å². The number of nitrogens with one attached hydrogen (secondary N) is 1. The highest BCUT2D eigenvalue weighted by atomic mass is 32.2. The minimum Gasteiger partial charge on any atom is -0.461 e. The SMILES string of the molecule is CCOC(=O)c1[nH]c2ccc(F)c(F)c2c1S(=O)(=O)c1cc(C)cc(C)c1. The number of esters is 1. The van der Waals surface area contributed by atoms with Crippen molar-refractivity contribution in [2.24, 2.45) is 0 Å². The molecule has 3 rings (SSSR count). The number of aromatic amines is 1. The largest absolute Gasteiger partial charge is 0.461 e. The molecule has 0 atom stereocenters. The zero-order valence-corrected chi connectivity index (χ0v) is 15.7. The van der Waals surface area contributed by atoms with Crippen LogP contribution in [0.25, 0.3) is 10.9 Å². The number of aryl methyl sites for hydroxylation is 2. The monoisotopic (exact) mass is 393 g/mol. The van der Waals surface area contributed by atoms with Gasteiger partial charge in [0.1, 0.15) is 10.6 Å². The average molecular weight is 393 g/mol. The van der Waals surface area contributed by atoms with E-state index in [0.717, 1.165) is 6.07 Å². The lowest BCUT2D eigenvalue weighted by molar-refractivity contribution is 0.0516.